The first-order chi connectivity index (χ1) is 9.96. The fraction of sp³-hybridized carbons (Fsp3) is 0.600. The summed E-state index contributed by atoms with van der Waals surface area (Å²) in [6.07, 6.45) is 1.59. The van der Waals surface area contributed by atoms with Crippen LogP contribution in [0.3, 0.4) is 0 Å². The van der Waals surface area contributed by atoms with E-state index in [2.05, 4.69) is 10.3 Å². The fourth-order valence-electron chi connectivity index (χ4n) is 2.09. The lowest BCUT2D eigenvalue weighted by Gasteiger charge is -2.31. The van der Waals surface area contributed by atoms with Crippen LogP contribution in [0.2, 0.25) is 0 Å². The molecule has 0 fully saturated rings. The summed E-state index contributed by atoms with van der Waals surface area (Å²) in [5, 5.41) is 3.23. The van der Waals surface area contributed by atoms with Gasteiger partial charge in [-0.1, -0.05) is 6.92 Å². The summed E-state index contributed by atoms with van der Waals surface area (Å²) in [6, 6.07) is 2.83. The molecule has 1 aromatic heterocycles. The molecule has 0 radical (unpaired) electrons. The second-order valence-corrected chi connectivity index (χ2v) is 5.07. The van der Waals surface area contributed by atoms with Crippen molar-refractivity contribution in [2.75, 3.05) is 33.8 Å². The zero-order valence-electron chi connectivity index (χ0n) is 13.1. The lowest BCUT2D eigenvalue weighted by atomic mass is 9.91. The Morgan fingerprint density at radius 2 is 2.14 bits per heavy atom. The molecule has 0 aliphatic heterocycles. The molecule has 0 saturated heterocycles. The SMILES string of the molecule is CCOC(=O)C(CC)(NCCN(C)C)c1ccc(F)cn1. The van der Waals surface area contributed by atoms with Crippen molar-refractivity contribution >= 4 is 5.97 Å². The number of esters is 1. The molecule has 0 bridgehead atoms. The number of pyridine rings is 1. The van der Waals surface area contributed by atoms with Crippen LogP contribution in [-0.4, -0.2) is 49.6 Å². The maximum Gasteiger partial charge on any atom is 0.332 e. The molecule has 0 aliphatic rings. The summed E-state index contributed by atoms with van der Waals surface area (Å²) < 4.78 is 18.3. The van der Waals surface area contributed by atoms with Gasteiger partial charge in [-0.25, -0.2) is 9.18 Å². The van der Waals surface area contributed by atoms with E-state index in [0.29, 0.717) is 18.7 Å². The molecule has 5 nitrogen and oxygen atoms in total. The van der Waals surface area contributed by atoms with Crippen molar-refractivity contribution in [1.82, 2.24) is 15.2 Å². The molecule has 1 rings (SSSR count). The normalized spacial score (nSPS) is 14.0. The average molecular weight is 297 g/mol. The topological polar surface area (TPSA) is 54.5 Å². The third kappa shape index (κ3) is 4.47. The number of hydrogen-bond donors (Lipinski definition) is 1. The molecular formula is C15H24FN3O2. The summed E-state index contributed by atoms with van der Waals surface area (Å²) >= 11 is 0. The lowest BCUT2D eigenvalue weighted by Crippen LogP contribution is -2.52. The van der Waals surface area contributed by atoms with E-state index in [1.165, 1.54) is 12.1 Å². The van der Waals surface area contributed by atoms with E-state index < -0.39 is 11.4 Å². The first-order valence-electron chi connectivity index (χ1n) is 7.15. The van der Waals surface area contributed by atoms with E-state index in [1.807, 2.05) is 25.9 Å². The van der Waals surface area contributed by atoms with Gasteiger partial charge in [0, 0.05) is 13.1 Å². The molecule has 6 heteroatoms. The van der Waals surface area contributed by atoms with Gasteiger partial charge in [0.05, 0.1) is 18.5 Å². The van der Waals surface area contributed by atoms with E-state index in [9.17, 15) is 9.18 Å². The summed E-state index contributed by atoms with van der Waals surface area (Å²) in [7, 11) is 3.91. The standard InChI is InChI=1S/C15H24FN3O2/c1-5-15(14(20)21-6-2,18-9-10-19(3)4)13-8-7-12(16)11-17-13/h7-8,11,18H,5-6,9-10H2,1-4H3. The number of nitrogens with zero attached hydrogens (tertiary/aromatic N) is 2. The monoisotopic (exact) mass is 297 g/mol. The van der Waals surface area contributed by atoms with E-state index in [1.54, 1.807) is 6.92 Å². The average Bonchev–Trinajstić information content (AvgIpc) is 2.45. The van der Waals surface area contributed by atoms with Crippen LogP contribution in [-0.2, 0) is 15.1 Å². The molecule has 0 saturated carbocycles. The Morgan fingerprint density at radius 1 is 1.43 bits per heavy atom. The van der Waals surface area contributed by atoms with E-state index in [-0.39, 0.29) is 12.6 Å². The van der Waals surface area contributed by atoms with Crippen molar-refractivity contribution in [2.45, 2.75) is 25.8 Å². The molecule has 0 aromatic carbocycles. The molecule has 0 spiro atoms. The Kier molecular flexibility index (Phi) is 6.71. The van der Waals surface area contributed by atoms with Crippen LogP contribution < -0.4 is 5.32 Å². The van der Waals surface area contributed by atoms with Crippen LogP contribution in [0.1, 0.15) is 26.0 Å². The first-order valence-corrected chi connectivity index (χ1v) is 7.15. The Morgan fingerprint density at radius 3 is 2.62 bits per heavy atom. The number of nitrogens with one attached hydrogen (secondary N) is 1. The highest BCUT2D eigenvalue weighted by molar-refractivity contribution is 5.82. The molecule has 21 heavy (non-hydrogen) atoms. The van der Waals surface area contributed by atoms with Crippen LogP contribution >= 0.6 is 0 Å². The van der Waals surface area contributed by atoms with Gasteiger partial charge in [-0.3, -0.25) is 10.3 Å². The van der Waals surface area contributed by atoms with Gasteiger partial charge in [0.2, 0.25) is 0 Å². The molecule has 0 aliphatic carbocycles. The highest BCUT2D eigenvalue weighted by Gasteiger charge is 2.41. The zero-order chi connectivity index (χ0) is 15.9. The van der Waals surface area contributed by atoms with Crippen molar-refractivity contribution < 1.29 is 13.9 Å². The maximum atomic E-state index is 13.1. The van der Waals surface area contributed by atoms with E-state index in [4.69, 9.17) is 4.74 Å². The summed E-state index contributed by atoms with van der Waals surface area (Å²) in [4.78, 5) is 18.5. The van der Waals surface area contributed by atoms with Crippen molar-refractivity contribution in [3.05, 3.63) is 29.8 Å². The number of likely N-dealkylation sites (N-methyl/N-ethyl adjacent to an activating group) is 1. The van der Waals surface area contributed by atoms with Crippen molar-refractivity contribution in [3.8, 4) is 0 Å². The van der Waals surface area contributed by atoms with Crippen LogP contribution in [0.15, 0.2) is 18.3 Å². The summed E-state index contributed by atoms with van der Waals surface area (Å²) in [5.41, 5.74) is -0.566. The minimum Gasteiger partial charge on any atom is -0.464 e. The van der Waals surface area contributed by atoms with Gasteiger partial charge in [0.1, 0.15) is 5.82 Å². The number of aromatic nitrogens is 1. The third-order valence-electron chi connectivity index (χ3n) is 3.30. The van der Waals surface area contributed by atoms with Crippen molar-refractivity contribution in [1.29, 1.82) is 0 Å². The molecule has 1 aromatic rings. The predicted molar refractivity (Wildman–Crippen MR) is 79.4 cm³/mol. The lowest BCUT2D eigenvalue weighted by molar-refractivity contribution is -0.152. The Labute approximate surface area is 125 Å². The van der Waals surface area contributed by atoms with Gasteiger partial charge < -0.3 is 9.64 Å². The van der Waals surface area contributed by atoms with Gasteiger partial charge >= 0.3 is 5.97 Å². The van der Waals surface area contributed by atoms with Crippen molar-refractivity contribution in [2.24, 2.45) is 0 Å². The summed E-state index contributed by atoms with van der Waals surface area (Å²) in [5.74, 6) is -0.814. The second-order valence-electron chi connectivity index (χ2n) is 5.07. The first kappa shape index (κ1) is 17.5. The summed E-state index contributed by atoms with van der Waals surface area (Å²) in [6.45, 7) is 5.29. The number of rotatable bonds is 8. The zero-order valence-corrected chi connectivity index (χ0v) is 13.1. The highest BCUT2D eigenvalue weighted by Crippen LogP contribution is 2.25. The Bertz CT molecular complexity index is 451. The number of halogens is 1. The molecule has 1 atom stereocenters. The van der Waals surface area contributed by atoms with Crippen LogP contribution in [0.5, 0.6) is 0 Å². The van der Waals surface area contributed by atoms with Crippen LogP contribution in [0.4, 0.5) is 4.39 Å². The largest absolute Gasteiger partial charge is 0.464 e. The molecule has 1 heterocycles. The van der Waals surface area contributed by atoms with Gasteiger partial charge in [-0.15, -0.1) is 0 Å². The molecule has 118 valence electrons. The van der Waals surface area contributed by atoms with Gasteiger partial charge in [0.25, 0.3) is 0 Å². The van der Waals surface area contributed by atoms with Gasteiger partial charge in [-0.05, 0) is 39.6 Å². The molecular weight excluding hydrogens is 273 g/mol. The number of carbonyl (C=O) groups is 1. The quantitative estimate of drug-likeness (QED) is 0.738. The minimum atomic E-state index is -1.04. The van der Waals surface area contributed by atoms with Crippen LogP contribution in [0.25, 0.3) is 0 Å². The third-order valence-corrected chi connectivity index (χ3v) is 3.30. The molecule has 1 N–H and O–H groups in total. The number of ether oxygens (including phenoxy) is 1. The maximum absolute atomic E-state index is 13.1. The van der Waals surface area contributed by atoms with Gasteiger partial charge in [-0.2, -0.15) is 0 Å². The predicted octanol–water partition coefficient (Wildman–Crippen LogP) is 1.54. The second kappa shape index (κ2) is 8.05. The van der Waals surface area contributed by atoms with E-state index in [0.717, 1.165) is 12.7 Å². The minimum absolute atomic E-state index is 0.289. The number of hydrogen-bond acceptors (Lipinski definition) is 5. The highest BCUT2D eigenvalue weighted by atomic mass is 19.1. The smallest absolute Gasteiger partial charge is 0.332 e. The Hall–Kier alpha value is -1.53. The molecule has 0 amide bonds. The van der Waals surface area contributed by atoms with E-state index >= 15 is 0 Å². The van der Waals surface area contributed by atoms with Crippen molar-refractivity contribution in [3.63, 3.8) is 0 Å². The fourth-order valence-corrected chi connectivity index (χ4v) is 2.09. The van der Waals surface area contributed by atoms with Crippen LogP contribution in [0, 0.1) is 5.82 Å². The Balaban J connectivity index is 3.06. The number of carbonyl (C=O) groups excluding carboxylic acids is 1. The molecule has 1 unspecified atom stereocenters. The van der Waals surface area contributed by atoms with Gasteiger partial charge in [0.15, 0.2) is 5.54 Å².